The lowest BCUT2D eigenvalue weighted by atomic mass is 10.1. The fourth-order valence-corrected chi connectivity index (χ4v) is 3.05. The SMILES string of the molecule is OC(c1ccccc1)c1nc(-c2ccc(Br)cc2)cs1. The van der Waals surface area contributed by atoms with Crippen LogP contribution in [-0.2, 0) is 0 Å². The van der Waals surface area contributed by atoms with E-state index in [1.165, 1.54) is 11.3 Å². The maximum atomic E-state index is 10.3. The van der Waals surface area contributed by atoms with Gasteiger partial charge in [-0.05, 0) is 17.7 Å². The van der Waals surface area contributed by atoms with Crippen LogP contribution in [0.3, 0.4) is 0 Å². The van der Waals surface area contributed by atoms with Gasteiger partial charge in [-0.3, -0.25) is 0 Å². The predicted molar refractivity (Wildman–Crippen MR) is 85.8 cm³/mol. The van der Waals surface area contributed by atoms with E-state index in [2.05, 4.69) is 20.9 Å². The zero-order valence-corrected chi connectivity index (χ0v) is 12.9. The first kappa shape index (κ1) is 13.5. The van der Waals surface area contributed by atoms with Gasteiger partial charge < -0.3 is 5.11 Å². The van der Waals surface area contributed by atoms with Crippen molar-refractivity contribution in [2.45, 2.75) is 6.10 Å². The number of nitrogens with zero attached hydrogens (tertiary/aromatic N) is 1. The first-order valence-electron chi connectivity index (χ1n) is 6.18. The Morgan fingerprint density at radius 2 is 1.70 bits per heavy atom. The summed E-state index contributed by atoms with van der Waals surface area (Å²) in [4.78, 5) is 4.54. The van der Waals surface area contributed by atoms with Gasteiger partial charge in [-0.2, -0.15) is 0 Å². The Morgan fingerprint density at radius 3 is 2.40 bits per heavy atom. The minimum absolute atomic E-state index is 0.662. The molecule has 0 bridgehead atoms. The average Bonchev–Trinajstić information content (AvgIpc) is 2.98. The van der Waals surface area contributed by atoms with Crippen molar-refractivity contribution in [3.63, 3.8) is 0 Å². The fraction of sp³-hybridized carbons (Fsp3) is 0.0625. The largest absolute Gasteiger partial charge is 0.381 e. The molecule has 0 radical (unpaired) electrons. The highest BCUT2D eigenvalue weighted by Crippen LogP contribution is 2.29. The Hall–Kier alpha value is -1.49. The van der Waals surface area contributed by atoms with Gasteiger partial charge in [0.25, 0.3) is 0 Å². The molecule has 0 saturated carbocycles. The van der Waals surface area contributed by atoms with Crippen LogP contribution in [0.4, 0.5) is 0 Å². The molecular weight excluding hydrogens is 334 g/mol. The van der Waals surface area contributed by atoms with E-state index in [1.807, 2.05) is 60.0 Å². The molecule has 2 nitrogen and oxygen atoms in total. The Morgan fingerprint density at radius 1 is 1.00 bits per heavy atom. The minimum Gasteiger partial charge on any atom is -0.381 e. The number of hydrogen-bond acceptors (Lipinski definition) is 3. The molecule has 0 aliphatic carbocycles. The number of rotatable bonds is 3. The van der Waals surface area contributed by atoms with Crippen LogP contribution in [0.5, 0.6) is 0 Å². The van der Waals surface area contributed by atoms with Crippen molar-refractivity contribution in [3.05, 3.63) is 75.0 Å². The maximum Gasteiger partial charge on any atom is 0.131 e. The summed E-state index contributed by atoms with van der Waals surface area (Å²) in [6.45, 7) is 0. The van der Waals surface area contributed by atoms with Crippen molar-refractivity contribution in [1.29, 1.82) is 0 Å². The molecule has 0 fully saturated rings. The summed E-state index contributed by atoms with van der Waals surface area (Å²) in [5.74, 6) is 0. The van der Waals surface area contributed by atoms with Gasteiger partial charge in [0.05, 0.1) is 5.69 Å². The van der Waals surface area contributed by atoms with Crippen LogP contribution in [0.25, 0.3) is 11.3 Å². The maximum absolute atomic E-state index is 10.3. The highest BCUT2D eigenvalue weighted by Gasteiger charge is 2.14. The number of halogens is 1. The predicted octanol–water partition coefficient (Wildman–Crippen LogP) is 4.65. The van der Waals surface area contributed by atoms with Crippen molar-refractivity contribution < 1.29 is 5.11 Å². The minimum atomic E-state index is -0.662. The molecule has 1 unspecified atom stereocenters. The van der Waals surface area contributed by atoms with Crippen molar-refractivity contribution in [2.24, 2.45) is 0 Å². The van der Waals surface area contributed by atoms with Gasteiger partial charge in [-0.1, -0.05) is 58.4 Å². The molecule has 20 heavy (non-hydrogen) atoms. The Kier molecular flexibility index (Phi) is 3.96. The molecule has 1 aromatic heterocycles. The second kappa shape index (κ2) is 5.87. The fourth-order valence-electron chi connectivity index (χ4n) is 1.94. The van der Waals surface area contributed by atoms with Gasteiger partial charge >= 0.3 is 0 Å². The molecular formula is C16H12BrNOS. The zero-order valence-electron chi connectivity index (χ0n) is 10.5. The number of aromatic nitrogens is 1. The van der Waals surface area contributed by atoms with E-state index in [-0.39, 0.29) is 0 Å². The smallest absolute Gasteiger partial charge is 0.131 e. The van der Waals surface area contributed by atoms with Gasteiger partial charge in [-0.25, -0.2) is 4.98 Å². The van der Waals surface area contributed by atoms with Gasteiger partial charge in [-0.15, -0.1) is 11.3 Å². The summed E-state index contributed by atoms with van der Waals surface area (Å²) < 4.78 is 1.04. The van der Waals surface area contributed by atoms with E-state index in [0.29, 0.717) is 5.01 Å². The number of benzene rings is 2. The van der Waals surface area contributed by atoms with E-state index in [4.69, 9.17) is 0 Å². The molecule has 0 spiro atoms. The summed E-state index contributed by atoms with van der Waals surface area (Å²) in [7, 11) is 0. The van der Waals surface area contributed by atoms with Crippen molar-refractivity contribution >= 4 is 27.3 Å². The average molecular weight is 346 g/mol. The van der Waals surface area contributed by atoms with Crippen molar-refractivity contribution in [1.82, 2.24) is 4.98 Å². The third kappa shape index (κ3) is 2.82. The monoisotopic (exact) mass is 345 g/mol. The second-order valence-corrected chi connectivity index (χ2v) is 6.20. The summed E-state index contributed by atoms with van der Waals surface area (Å²) >= 11 is 4.90. The molecule has 0 aliphatic heterocycles. The molecule has 1 atom stereocenters. The topological polar surface area (TPSA) is 33.1 Å². The Bertz CT molecular complexity index is 694. The number of aliphatic hydroxyl groups excluding tert-OH is 1. The number of aliphatic hydroxyl groups is 1. The van der Waals surface area contributed by atoms with Crippen LogP contribution in [0.1, 0.15) is 16.7 Å². The third-order valence-electron chi connectivity index (χ3n) is 3.01. The van der Waals surface area contributed by atoms with Crippen LogP contribution >= 0.6 is 27.3 Å². The van der Waals surface area contributed by atoms with Gasteiger partial charge in [0, 0.05) is 15.4 Å². The molecule has 3 aromatic rings. The molecule has 1 N–H and O–H groups in total. The quantitative estimate of drug-likeness (QED) is 0.749. The number of thiazole rings is 1. The van der Waals surface area contributed by atoms with Crippen LogP contribution in [0, 0.1) is 0 Å². The molecule has 100 valence electrons. The van der Waals surface area contributed by atoms with E-state index in [0.717, 1.165) is 21.3 Å². The molecule has 1 heterocycles. The van der Waals surface area contributed by atoms with E-state index >= 15 is 0 Å². The van der Waals surface area contributed by atoms with E-state index < -0.39 is 6.10 Å². The first-order valence-corrected chi connectivity index (χ1v) is 7.85. The molecule has 2 aromatic carbocycles. The van der Waals surface area contributed by atoms with Gasteiger partial charge in [0.1, 0.15) is 11.1 Å². The van der Waals surface area contributed by atoms with Crippen LogP contribution < -0.4 is 0 Å². The van der Waals surface area contributed by atoms with Crippen LogP contribution in [0.2, 0.25) is 0 Å². The molecule has 0 amide bonds. The Labute approximate surface area is 129 Å². The van der Waals surface area contributed by atoms with Gasteiger partial charge in [0.15, 0.2) is 0 Å². The van der Waals surface area contributed by atoms with Crippen LogP contribution in [0.15, 0.2) is 64.5 Å². The second-order valence-electron chi connectivity index (χ2n) is 4.39. The van der Waals surface area contributed by atoms with Gasteiger partial charge in [0.2, 0.25) is 0 Å². The summed E-state index contributed by atoms with van der Waals surface area (Å²) in [6, 6.07) is 17.6. The lowest BCUT2D eigenvalue weighted by Crippen LogP contribution is -1.98. The molecule has 0 aliphatic rings. The normalized spacial score (nSPS) is 12.3. The highest BCUT2D eigenvalue weighted by atomic mass is 79.9. The molecule has 4 heteroatoms. The molecule has 3 rings (SSSR count). The lowest BCUT2D eigenvalue weighted by molar-refractivity contribution is 0.220. The van der Waals surface area contributed by atoms with E-state index in [1.54, 1.807) is 0 Å². The lowest BCUT2D eigenvalue weighted by Gasteiger charge is -2.06. The highest BCUT2D eigenvalue weighted by molar-refractivity contribution is 9.10. The van der Waals surface area contributed by atoms with Crippen molar-refractivity contribution in [2.75, 3.05) is 0 Å². The Balaban J connectivity index is 1.89. The summed E-state index contributed by atoms with van der Waals surface area (Å²) in [5.41, 5.74) is 2.81. The standard InChI is InChI=1S/C16H12BrNOS/c17-13-8-6-11(7-9-13)14-10-20-16(18-14)15(19)12-4-2-1-3-5-12/h1-10,15,19H. The molecule has 0 saturated heterocycles. The van der Waals surface area contributed by atoms with Crippen LogP contribution in [-0.4, -0.2) is 10.1 Å². The third-order valence-corrected chi connectivity index (χ3v) is 4.44. The zero-order chi connectivity index (χ0) is 13.9. The summed E-state index contributed by atoms with van der Waals surface area (Å²) in [6.07, 6.45) is -0.662. The summed E-state index contributed by atoms with van der Waals surface area (Å²) in [5, 5.41) is 13.0. The van der Waals surface area contributed by atoms with Crippen molar-refractivity contribution in [3.8, 4) is 11.3 Å². The first-order chi connectivity index (χ1) is 9.74. The van der Waals surface area contributed by atoms with E-state index in [9.17, 15) is 5.11 Å². The number of hydrogen-bond donors (Lipinski definition) is 1.